The smallest absolute Gasteiger partial charge is 0.273 e. The highest BCUT2D eigenvalue weighted by Crippen LogP contribution is 2.28. The van der Waals surface area contributed by atoms with E-state index in [-0.39, 0.29) is 27.1 Å². The van der Waals surface area contributed by atoms with E-state index in [1.54, 1.807) is 6.92 Å². The number of carbonyl (C=O) groups excluding carboxylic acids is 1. The summed E-state index contributed by atoms with van der Waals surface area (Å²) in [6.07, 6.45) is 1.39. The Kier molecular flexibility index (Phi) is 4.40. The maximum Gasteiger partial charge on any atom is 0.273 e. The second-order valence-electron chi connectivity index (χ2n) is 4.17. The van der Waals surface area contributed by atoms with Crippen LogP contribution in [-0.2, 0) is 0 Å². The van der Waals surface area contributed by atoms with Gasteiger partial charge < -0.3 is 5.32 Å². The van der Waals surface area contributed by atoms with Crippen molar-refractivity contribution in [3.63, 3.8) is 0 Å². The third-order valence-corrected chi connectivity index (χ3v) is 3.54. The second-order valence-corrected chi connectivity index (χ2v) is 4.95. The first-order valence-corrected chi connectivity index (χ1v) is 6.52. The fourth-order valence-electron chi connectivity index (χ4n) is 1.63. The molecule has 0 saturated heterocycles. The van der Waals surface area contributed by atoms with E-state index in [2.05, 4.69) is 10.3 Å². The van der Waals surface area contributed by atoms with Gasteiger partial charge in [-0.1, -0.05) is 29.3 Å². The van der Waals surface area contributed by atoms with Crippen LogP contribution in [0.15, 0.2) is 30.5 Å². The molecule has 2 rings (SSSR count). The summed E-state index contributed by atoms with van der Waals surface area (Å²) < 4.78 is 0. The molecular weight excluding hydrogens is 317 g/mol. The molecule has 108 valence electrons. The zero-order valence-electron chi connectivity index (χ0n) is 10.8. The molecule has 2 aromatic rings. The summed E-state index contributed by atoms with van der Waals surface area (Å²) >= 11 is 11.7. The maximum atomic E-state index is 12.1. The first-order chi connectivity index (χ1) is 9.90. The number of hydrogen-bond donors (Lipinski definition) is 1. The minimum absolute atomic E-state index is 0.0948. The van der Waals surface area contributed by atoms with Crippen LogP contribution in [0, 0.1) is 17.0 Å². The van der Waals surface area contributed by atoms with Crippen molar-refractivity contribution < 1.29 is 9.72 Å². The highest BCUT2D eigenvalue weighted by molar-refractivity contribution is 6.43. The number of rotatable bonds is 3. The molecule has 0 bridgehead atoms. The van der Waals surface area contributed by atoms with E-state index in [0.717, 1.165) is 0 Å². The van der Waals surface area contributed by atoms with Crippen molar-refractivity contribution in [3.8, 4) is 0 Å². The van der Waals surface area contributed by atoms with Gasteiger partial charge in [-0.3, -0.25) is 14.9 Å². The third-order valence-electron chi connectivity index (χ3n) is 2.74. The fraction of sp³-hybridized carbons (Fsp3) is 0.0769. The molecule has 1 N–H and O–H groups in total. The van der Waals surface area contributed by atoms with Gasteiger partial charge in [-0.15, -0.1) is 0 Å². The van der Waals surface area contributed by atoms with Gasteiger partial charge in [0.25, 0.3) is 11.6 Å². The summed E-state index contributed by atoms with van der Waals surface area (Å²) in [6, 6.07) is 5.66. The minimum Gasteiger partial charge on any atom is -0.305 e. The lowest BCUT2D eigenvalue weighted by molar-refractivity contribution is -0.385. The average Bonchev–Trinajstić information content (AvgIpc) is 2.44. The zero-order valence-corrected chi connectivity index (χ0v) is 12.3. The van der Waals surface area contributed by atoms with Crippen LogP contribution < -0.4 is 5.32 Å². The first kappa shape index (κ1) is 15.2. The van der Waals surface area contributed by atoms with Gasteiger partial charge in [-0.05, 0) is 19.1 Å². The number of nitro benzene ring substituents is 1. The molecule has 1 aromatic carbocycles. The summed E-state index contributed by atoms with van der Waals surface area (Å²) in [5, 5.41) is 13.7. The Balaban J connectivity index is 2.31. The highest BCUT2D eigenvalue weighted by atomic mass is 35.5. The van der Waals surface area contributed by atoms with E-state index in [0.29, 0.717) is 5.56 Å². The minimum atomic E-state index is -0.560. The van der Waals surface area contributed by atoms with Crippen LogP contribution >= 0.6 is 23.2 Å². The Morgan fingerprint density at radius 1 is 1.33 bits per heavy atom. The Morgan fingerprint density at radius 3 is 2.71 bits per heavy atom. The number of carbonyl (C=O) groups is 1. The molecule has 1 aromatic heterocycles. The van der Waals surface area contributed by atoms with Crippen LogP contribution in [0.3, 0.4) is 0 Å². The van der Waals surface area contributed by atoms with Crippen molar-refractivity contribution >= 4 is 40.6 Å². The number of amides is 1. The molecule has 8 heteroatoms. The van der Waals surface area contributed by atoms with Gasteiger partial charge in [0.15, 0.2) is 5.82 Å². The number of aryl methyl sites for hydroxylation is 1. The van der Waals surface area contributed by atoms with Crippen LogP contribution in [0.2, 0.25) is 10.0 Å². The lowest BCUT2D eigenvalue weighted by Crippen LogP contribution is -2.13. The highest BCUT2D eigenvalue weighted by Gasteiger charge is 2.16. The van der Waals surface area contributed by atoms with Crippen molar-refractivity contribution in [2.24, 2.45) is 0 Å². The van der Waals surface area contributed by atoms with Crippen molar-refractivity contribution in [1.29, 1.82) is 0 Å². The van der Waals surface area contributed by atoms with Gasteiger partial charge in [-0.25, -0.2) is 4.98 Å². The maximum absolute atomic E-state index is 12.1. The van der Waals surface area contributed by atoms with Gasteiger partial charge in [-0.2, -0.15) is 0 Å². The molecule has 0 radical (unpaired) electrons. The van der Waals surface area contributed by atoms with Crippen molar-refractivity contribution in [2.75, 3.05) is 5.32 Å². The molecule has 0 spiro atoms. The van der Waals surface area contributed by atoms with Crippen LogP contribution in [0.5, 0.6) is 0 Å². The average molecular weight is 326 g/mol. The normalized spacial score (nSPS) is 10.2. The van der Waals surface area contributed by atoms with E-state index in [1.165, 1.54) is 30.5 Å². The standard InChI is InChI=1S/C13H9Cl2N3O3/c1-7-2-3-8(6-10(7)18(20)21)13(19)17-12-11(15)9(14)4-5-16-12/h2-6H,1H3,(H,16,17,19). The number of halogens is 2. The number of aromatic nitrogens is 1. The first-order valence-electron chi connectivity index (χ1n) is 5.76. The molecule has 0 atom stereocenters. The number of nitrogens with zero attached hydrogens (tertiary/aromatic N) is 2. The number of pyridine rings is 1. The largest absolute Gasteiger partial charge is 0.305 e. The molecule has 1 heterocycles. The predicted octanol–water partition coefficient (Wildman–Crippen LogP) is 3.86. The van der Waals surface area contributed by atoms with Crippen molar-refractivity contribution in [3.05, 3.63) is 61.7 Å². The lowest BCUT2D eigenvalue weighted by Gasteiger charge is -2.07. The van der Waals surface area contributed by atoms with Crippen LogP contribution in [0.4, 0.5) is 11.5 Å². The van der Waals surface area contributed by atoms with E-state index in [4.69, 9.17) is 23.2 Å². The number of hydrogen-bond acceptors (Lipinski definition) is 4. The third kappa shape index (κ3) is 3.29. The number of benzene rings is 1. The lowest BCUT2D eigenvalue weighted by atomic mass is 10.1. The number of anilines is 1. The molecular formula is C13H9Cl2N3O3. The second kappa shape index (κ2) is 6.07. The quantitative estimate of drug-likeness (QED) is 0.685. The topological polar surface area (TPSA) is 85.1 Å². The van der Waals surface area contributed by atoms with E-state index >= 15 is 0 Å². The van der Waals surface area contributed by atoms with E-state index < -0.39 is 10.8 Å². The molecule has 1 amide bonds. The van der Waals surface area contributed by atoms with Gasteiger partial charge in [0.2, 0.25) is 0 Å². The molecule has 0 aliphatic rings. The predicted molar refractivity (Wildman–Crippen MR) is 80.0 cm³/mol. The Hall–Kier alpha value is -2.18. The Labute approximate surface area is 129 Å². The summed E-state index contributed by atoms with van der Waals surface area (Å²) in [4.78, 5) is 26.3. The summed E-state index contributed by atoms with van der Waals surface area (Å²) in [6.45, 7) is 1.59. The van der Waals surface area contributed by atoms with Gasteiger partial charge in [0.1, 0.15) is 5.02 Å². The van der Waals surface area contributed by atoms with Gasteiger partial charge >= 0.3 is 0 Å². The molecule has 0 aliphatic heterocycles. The Morgan fingerprint density at radius 2 is 2.05 bits per heavy atom. The van der Waals surface area contributed by atoms with E-state index in [9.17, 15) is 14.9 Å². The zero-order chi connectivity index (χ0) is 15.6. The summed E-state index contributed by atoms with van der Waals surface area (Å²) in [5.74, 6) is -0.466. The van der Waals surface area contributed by atoms with Gasteiger partial charge in [0.05, 0.1) is 9.95 Å². The molecule has 0 aliphatic carbocycles. The molecule has 0 saturated carbocycles. The van der Waals surface area contributed by atoms with Crippen molar-refractivity contribution in [1.82, 2.24) is 4.98 Å². The number of nitro groups is 1. The summed E-state index contributed by atoms with van der Waals surface area (Å²) in [5.41, 5.74) is 0.466. The van der Waals surface area contributed by atoms with Crippen molar-refractivity contribution in [2.45, 2.75) is 6.92 Å². The molecule has 21 heavy (non-hydrogen) atoms. The van der Waals surface area contributed by atoms with Crippen LogP contribution in [-0.4, -0.2) is 15.8 Å². The van der Waals surface area contributed by atoms with E-state index in [1.807, 2.05) is 0 Å². The molecule has 0 unspecified atom stereocenters. The fourth-order valence-corrected chi connectivity index (χ4v) is 1.94. The summed E-state index contributed by atoms with van der Waals surface area (Å²) in [7, 11) is 0. The van der Waals surface area contributed by atoms with Gasteiger partial charge in [0, 0.05) is 23.4 Å². The SMILES string of the molecule is Cc1ccc(C(=O)Nc2nccc(Cl)c2Cl)cc1[N+](=O)[O-]. The Bertz CT molecular complexity index is 735. The number of nitrogens with one attached hydrogen (secondary N) is 1. The molecule has 0 fully saturated rings. The van der Waals surface area contributed by atoms with Crippen LogP contribution in [0.25, 0.3) is 0 Å². The molecule has 6 nitrogen and oxygen atoms in total. The van der Waals surface area contributed by atoms with Crippen LogP contribution in [0.1, 0.15) is 15.9 Å². The monoisotopic (exact) mass is 325 g/mol.